The van der Waals surface area contributed by atoms with Crippen LogP contribution in [0.3, 0.4) is 0 Å². The third kappa shape index (κ3) is 3.96. The number of benzene rings is 1. The Balaban J connectivity index is 1.67. The number of hydrogen-bond donors (Lipinski definition) is 2. The third-order valence-corrected chi connectivity index (χ3v) is 4.82. The van der Waals surface area contributed by atoms with Crippen molar-refractivity contribution in [2.24, 2.45) is 10.7 Å². The SMILES string of the molecule is Cc1nn(Cc2ccccc2)c(C)c1CN=C(N)NC1CCCC1. The number of hydrogen-bond acceptors (Lipinski definition) is 2. The molecule has 1 aromatic carbocycles. The Morgan fingerprint density at radius 2 is 1.96 bits per heavy atom. The van der Waals surface area contributed by atoms with Gasteiger partial charge in [0.05, 0.1) is 18.8 Å². The fourth-order valence-electron chi connectivity index (χ4n) is 3.36. The van der Waals surface area contributed by atoms with Gasteiger partial charge in [0.25, 0.3) is 0 Å². The minimum absolute atomic E-state index is 0.497. The van der Waals surface area contributed by atoms with Crippen LogP contribution in [0, 0.1) is 13.8 Å². The van der Waals surface area contributed by atoms with Gasteiger partial charge in [0, 0.05) is 17.3 Å². The molecule has 128 valence electrons. The van der Waals surface area contributed by atoms with E-state index >= 15 is 0 Å². The van der Waals surface area contributed by atoms with E-state index in [-0.39, 0.29) is 0 Å². The summed E-state index contributed by atoms with van der Waals surface area (Å²) in [5.74, 6) is 0.552. The van der Waals surface area contributed by atoms with Crippen LogP contribution in [0.5, 0.6) is 0 Å². The standard InChI is InChI=1S/C19H27N5/c1-14-18(12-21-19(20)22-17-10-6-7-11-17)15(2)24(23-14)13-16-8-4-3-5-9-16/h3-5,8-9,17H,6-7,10-13H2,1-2H3,(H3,20,21,22). The smallest absolute Gasteiger partial charge is 0.189 e. The summed E-state index contributed by atoms with van der Waals surface area (Å²) in [4.78, 5) is 4.53. The predicted octanol–water partition coefficient (Wildman–Crippen LogP) is 2.90. The van der Waals surface area contributed by atoms with E-state index in [0.717, 1.165) is 17.9 Å². The second kappa shape index (κ2) is 7.51. The summed E-state index contributed by atoms with van der Waals surface area (Å²) in [5, 5.41) is 8.01. The van der Waals surface area contributed by atoms with Crippen LogP contribution in [0.1, 0.15) is 48.2 Å². The molecule has 1 aliphatic rings. The molecule has 1 aliphatic carbocycles. The molecule has 0 aliphatic heterocycles. The van der Waals surface area contributed by atoms with Crippen LogP contribution in [-0.4, -0.2) is 21.8 Å². The van der Waals surface area contributed by atoms with Gasteiger partial charge in [0.1, 0.15) is 0 Å². The van der Waals surface area contributed by atoms with Crippen molar-refractivity contribution >= 4 is 5.96 Å². The van der Waals surface area contributed by atoms with E-state index in [4.69, 9.17) is 5.73 Å². The van der Waals surface area contributed by atoms with E-state index in [0.29, 0.717) is 18.5 Å². The highest BCUT2D eigenvalue weighted by Gasteiger charge is 2.15. The summed E-state index contributed by atoms with van der Waals surface area (Å²) in [6.45, 7) is 5.51. The molecule has 3 rings (SSSR count). The van der Waals surface area contributed by atoms with E-state index in [9.17, 15) is 0 Å². The molecule has 0 spiro atoms. The molecule has 3 N–H and O–H groups in total. The predicted molar refractivity (Wildman–Crippen MR) is 98.0 cm³/mol. The number of aromatic nitrogens is 2. The molecule has 5 heteroatoms. The van der Waals surface area contributed by atoms with Crippen molar-refractivity contribution in [3.05, 3.63) is 52.8 Å². The normalized spacial score (nSPS) is 15.8. The first-order valence-corrected chi connectivity index (χ1v) is 8.76. The highest BCUT2D eigenvalue weighted by molar-refractivity contribution is 5.78. The molecule has 0 amide bonds. The van der Waals surface area contributed by atoms with Crippen LogP contribution in [0.25, 0.3) is 0 Å². The largest absolute Gasteiger partial charge is 0.370 e. The zero-order valence-corrected chi connectivity index (χ0v) is 14.6. The molecule has 1 fully saturated rings. The fourth-order valence-corrected chi connectivity index (χ4v) is 3.36. The maximum Gasteiger partial charge on any atom is 0.189 e. The van der Waals surface area contributed by atoms with Gasteiger partial charge in [-0.25, -0.2) is 4.99 Å². The van der Waals surface area contributed by atoms with E-state index < -0.39 is 0 Å². The van der Waals surface area contributed by atoms with Crippen molar-refractivity contribution in [2.45, 2.75) is 58.7 Å². The zero-order valence-electron chi connectivity index (χ0n) is 14.6. The van der Waals surface area contributed by atoms with Gasteiger partial charge in [-0.2, -0.15) is 5.10 Å². The first-order valence-electron chi connectivity index (χ1n) is 8.76. The van der Waals surface area contributed by atoms with Gasteiger partial charge in [0.15, 0.2) is 5.96 Å². The highest BCUT2D eigenvalue weighted by Crippen LogP contribution is 2.18. The van der Waals surface area contributed by atoms with Gasteiger partial charge in [0.2, 0.25) is 0 Å². The van der Waals surface area contributed by atoms with Crippen LogP contribution in [0.15, 0.2) is 35.3 Å². The summed E-state index contributed by atoms with van der Waals surface area (Å²) in [5.41, 5.74) is 10.7. The Hall–Kier alpha value is -2.30. The minimum Gasteiger partial charge on any atom is -0.370 e. The minimum atomic E-state index is 0.497. The lowest BCUT2D eigenvalue weighted by atomic mass is 10.2. The average Bonchev–Trinajstić information content (AvgIpc) is 3.16. The number of rotatable bonds is 5. The van der Waals surface area contributed by atoms with Crippen LogP contribution < -0.4 is 11.1 Å². The van der Waals surface area contributed by atoms with Gasteiger partial charge < -0.3 is 11.1 Å². The fraction of sp³-hybridized carbons (Fsp3) is 0.474. The average molecular weight is 325 g/mol. The molecule has 1 heterocycles. The zero-order chi connectivity index (χ0) is 16.9. The van der Waals surface area contributed by atoms with E-state index in [1.54, 1.807) is 0 Å². The molecule has 5 nitrogen and oxygen atoms in total. The summed E-state index contributed by atoms with van der Waals surface area (Å²) in [7, 11) is 0. The van der Waals surface area contributed by atoms with Crippen molar-refractivity contribution in [1.82, 2.24) is 15.1 Å². The molecular weight excluding hydrogens is 298 g/mol. The Morgan fingerprint density at radius 3 is 2.67 bits per heavy atom. The second-order valence-corrected chi connectivity index (χ2v) is 6.62. The van der Waals surface area contributed by atoms with Crippen molar-refractivity contribution in [3.63, 3.8) is 0 Å². The number of nitrogens with two attached hydrogens (primary N) is 1. The Labute approximate surface area is 144 Å². The Morgan fingerprint density at radius 1 is 1.25 bits per heavy atom. The maximum atomic E-state index is 6.04. The van der Waals surface area contributed by atoms with Gasteiger partial charge >= 0.3 is 0 Å². The third-order valence-electron chi connectivity index (χ3n) is 4.82. The topological polar surface area (TPSA) is 68.2 Å². The lowest BCUT2D eigenvalue weighted by molar-refractivity contribution is 0.625. The summed E-state index contributed by atoms with van der Waals surface area (Å²) < 4.78 is 2.05. The Bertz CT molecular complexity index is 696. The summed E-state index contributed by atoms with van der Waals surface area (Å²) in [6, 6.07) is 10.9. The van der Waals surface area contributed by atoms with Crippen molar-refractivity contribution < 1.29 is 0 Å². The number of nitrogens with one attached hydrogen (secondary N) is 1. The molecule has 2 aromatic rings. The lowest BCUT2D eigenvalue weighted by Crippen LogP contribution is -2.38. The number of nitrogens with zero attached hydrogens (tertiary/aromatic N) is 3. The van der Waals surface area contributed by atoms with Crippen LogP contribution in [0.2, 0.25) is 0 Å². The molecule has 24 heavy (non-hydrogen) atoms. The molecule has 1 aromatic heterocycles. The van der Waals surface area contributed by atoms with Crippen LogP contribution >= 0.6 is 0 Å². The Kier molecular flexibility index (Phi) is 5.18. The molecule has 0 saturated heterocycles. The molecular formula is C19H27N5. The van der Waals surface area contributed by atoms with Gasteiger partial charge in [-0.15, -0.1) is 0 Å². The van der Waals surface area contributed by atoms with Crippen LogP contribution in [0.4, 0.5) is 0 Å². The number of aliphatic imine (C=N–C) groups is 1. The molecule has 0 radical (unpaired) electrons. The maximum absolute atomic E-state index is 6.04. The van der Waals surface area contributed by atoms with Gasteiger partial charge in [-0.05, 0) is 32.3 Å². The lowest BCUT2D eigenvalue weighted by Gasteiger charge is -2.12. The first-order chi connectivity index (χ1) is 11.6. The van der Waals surface area contributed by atoms with Crippen LogP contribution in [-0.2, 0) is 13.1 Å². The van der Waals surface area contributed by atoms with Gasteiger partial charge in [-0.1, -0.05) is 43.2 Å². The summed E-state index contributed by atoms with van der Waals surface area (Å²) >= 11 is 0. The number of guanidine groups is 1. The quantitative estimate of drug-likeness (QED) is 0.656. The second-order valence-electron chi connectivity index (χ2n) is 6.62. The van der Waals surface area contributed by atoms with E-state index in [1.807, 2.05) is 13.0 Å². The van der Waals surface area contributed by atoms with Gasteiger partial charge in [-0.3, -0.25) is 4.68 Å². The monoisotopic (exact) mass is 325 g/mol. The molecule has 0 atom stereocenters. The number of aryl methyl sites for hydroxylation is 1. The van der Waals surface area contributed by atoms with Crippen molar-refractivity contribution in [1.29, 1.82) is 0 Å². The molecule has 0 bridgehead atoms. The van der Waals surface area contributed by atoms with E-state index in [2.05, 4.69) is 51.3 Å². The molecule has 0 unspecified atom stereocenters. The first kappa shape index (κ1) is 16.6. The van der Waals surface area contributed by atoms with Crippen molar-refractivity contribution in [2.75, 3.05) is 0 Å². The van der Waals surface area contributed by atoms with Crippen molar-refractivity contribution in [3.8, 4) is 0 Å². The highest BCUT2D eigenvalue weighted by atomic mass is 15.3. The summed E-state index contributed by atoms with van der Waals surface area (Å²) in [6.07, 6.45) is 4.97. The van der Waals surface area contributed by atoms with E-state index in [1.165, 1.54) is 36.8 Å². The molecule has 1 saturated carbocycles.